The number of fused-ring (bicyclic) bond motifs is 1. The van der Waals surface area contributed by atoms with Crippen molar-refractivity contribution < 1.29 is 0 Å². The van der Waals surface area contributed by atoms with Gasteiger partial charge in [-0.3, -0.25) is 4.99 Å². The summed E-state index contributed by atoms with van der Waals surface area (Å²) in [4.78, 5) is 9.90. The molecule has 3 aromatic rings. The van der Waals surface area contributed by atoms with E-state index in [1.54, 1.807) is 18.4 Å². The number of aromatic nitrogens is 1. The summed E-state index contributed by atoms with van der Waals surface area (Å²) in [6.07, 6.45) is 1.90. The molecule has 5 heteroatoms. The topological polar surface area (TPSA) is 49.3 Å². The van der Waals surface area contributed by atoms with Crippen LogP contribution in [-0.4, -0.2) is 18.0 Å². The second-order valence-electron chi connectivity index (χ2n) is 5.76. The molecular formula is C19H22N4S. The summed E-state index contributed by atoms with van der Waals surface area (Å²) in [6, 6.07) is 15.1. The molecule has 0 fully saturated rings. The molecule has 0 aliphatic carbocycles. The Bertz CT molecular complexity index is 853. The normalized spacial score (nSPS) is 13.0. The van der Waals surface area contributed by atoms with Crippen molar-refractivity contribution in [1.82, 2.24) is 15.6 Å². The summed E-state index contributed by atoms with van der Waals surface area (Å²) in [7, 11) is 1.79. The van der Waals surface area contributed by atoms with E-state index in [1.165, 1.54) is 21.2 Å². The maximum atomic E-state index is 4.37. The number of aryl methyl sites for hydroxylation is 1. The molecule has 1 heterocycles. The summed E-state index contributed by atoms with van der Waals surface area (Å²) in [5, 5.41) is 10.3. The molecule has 0 saturated carbocycles. The van der Waals surface area contributed by atoms with E-state index in [-0.39, 0.29) is 6.04 Å². The highest BCUT2D eigenvalue weighted by atomic mass is 32.1. The minimum atomic E-state index is 0.166. The zero-order valence-electron chi connectivity index (χ0n) is 14.2. The van der Waals surface area contributed by atoms with E-state index in [1.807, 2.05) is 6.20 Å². The van der Waals surface area contributed by atoms with Gasteiger partial charge in [0.15, 0.2) is 5.96 Å². The van der Waals surface area contributed by atoms with E-state index in [0.29, 0.717) is 6.54 Å². The largest absolute Gasteiger partial charge is 0.350 e. The fourth-order valence-corrected chi connectivity index (χ4v) is 3.33. The molecule has 0 aliphatic rings. The number of rotatable bonds is 4. The van der Waals surface area contributed by atoms with Crippen LogP contribution in [0.15, 0.2) is 53.7 Å². The molecule has 24 heavy (non-hydrogen) atoms. The molecule has 0 radical (unpaired) electrons. The molecule has 1 unspecified atom stereocenters. The third kappa shape index (κ3) is 3.92. The van der Waals surface area contributed by atoms with Crippen LogP contribution >= 0.6 is 11.3 Å². The number of hydrogen-bond donors (Lipinski definition) is 2. The quantitative estimate of drug-likeness (QED) is 0.558. The molecule has 0 bridgehead atoms. The van der Waals surface area contributed by atoms with Gasteiger partial charge in [0.1, 0.15) is 5.01 Å². The minimum absolute atomic E-state index is 0.166. The van der Waals surface area contributed by atoms with Gasteiger partial charge in [-0.15, -0.1) is 11.3 Å². The number of benzene rings is 2. The molecule has 1 atom stereocenters. The maximum absolute atomic E-state index is 4.37. The van der Waals surface area contributed by atoms with Crippen LogP contribution in [0.25, 0.3) is 10.8 Å². The molecule has 2 aromatic carbocycles. The fraction of sp³-hybridized carbons (Fsp3) is 0.263. The minimum Gasteiger partial charge on any atom is -0.350 e. The van der Waals surface area contributed by atoms with Crippen LogP contribution in [0.3, 0.4) is 0 Å². The molecule has 0 aliphatic heterocycles. The molecule has 0 spiro atoms. The Kier molecular flexibility index (Phi) is 5.11. The number of nitrogens with zero attached hydrogens (tertiary/aromatic N) is 2. The molecule has 0 saturated heterocycles. The lowest BCUT2D eigenvalue weighted by atomic mass is 10.0. The zero-order valence-corrected chi connectivity index (χ0v) is 15.0. The molecule has 4 nitrogen and oxygen atoms in total. The fourth-order valence-electron chi connectivity index (χ4n) is 2.60. The zero-order chi connectivity index (χ0) is 16.9. The third-order valence-corrected chi connectivity index (χ3v) is 4.84. The first-order valence-electron chi connectivity index (χ1n) is 8.03. The first-order valence-corrected chi connectivity index (χ1v) is 8.84. The average molecular weight is 338 g/mol. The van der Waals surface area contributed by atoms with E-state index in [2.05, 4.69) is 76.9 Å². The Morgan fingerprint density at radius 1 is 1.21 bits per heavy atom. The predicted molar refractivity (Wildman–Crippen MR) is 103 cm³/mol. The highest BCUT2D eigenvalue weighted by Gasteiger charge is 2.09. The smallest absolute Gasteiger partial charge is 0.191 e. The Balaban J connectivity index is 1.65. The van der Waals surface area contributed by atoms with Gasteiger partial charge in [0.05, 0.1) is 12.6 Å². The van der Waals surface area contributed by atoms with Crippen molar-refractivity contribution in [2.75, 3.05) is 7.05 Å². The van der Waals surface area contributed by atoms with Crippen LogP contribution < -0.4 is 10.6 Å². The van der Waals surface area contributed by atoms with Gasteiger partial charge in [-0.2, -0.15) is 0 Å². The van der Waals surface area contributed by atoms with Gasteiger partial charge in [0.25, 0.3) is 0 Å². The molecular weight excluding hydrogens is 316 g/mol. The monoisotopic (exact) mass is 338 g/mol. The van der Waals surface area contributed by atoms with Crippen molar-refractivity contribution in [3.05, 3.63) is 64.1 Å². The number of thiazole rings is 1. The van der Waals surface area contributed by atoms with Crippen molar-refractivity contribution in [2.45, 2.75) is 26.4 Å². The maximum Gasteiger partial charge on any atom is 0.191 e. The lowest BCUT2D eigenvalue weighted by molar-refractivity contribution is 0.685. The van der Waals surface area contributed by atoms with Gasteiger partial charge >= 0.3 is 0 Å². The lowest BCUT2D eigenvalue weighted by Gasteiger charge is -2.18. The standard InChI is InChI=1S/C19H22N4S/c1-13-11-21-18(24-13)12-22-19(20-3)23-14(2)16-9-8-15-6-4-5-7-17(15)10-16/h4-11,14H,12H2,1-3H3,(H2,20,22,23). The predicted octanol–water partition coefficient (Wildman–Crippen LogP) is 4.03. The third-order valence-electron chi connectivity index (χ3n) is 3.93. The number of guanidine groups is 1. The Morgan fingerprint density at radius 3 is 2.71 bits per heavy atom. The SMILES string of the molecule is CN=C(NCc1ncc(C)s1)NC(C)c1ccc2ccccc2c1. The van der Waals surface area contributed by atoms with Crippen LogP contribution in [0, 0.1) is 6.92 Å². The van der Waals surface area contributed by atoms with Crippen molar-refractivity contribution in [2.24, 2.45) is 4.99 Å². The summed E-state index contributed by atoms with van der Waals surface area (Å²) < 4.78 is 0. The van der Waals surface area contributed by atoms with Crippen LogP contribution in [0.4, 0.5) is 0 Å². The van der Waals surface area contributed by atoms with Gasteiger partial charge in [-0.1, -0.05) is 36.4 Å². The highest BCUT2D eigenvalue weighted by molar-refractivity contribution is 7.11. The summed E-state index contributed by atoms with van der Waals surface area (Å²) in [6.45, 7) is 4.89. The van der Waals surface area contributed by atoms with Crippen molar-refractivity contribution in [3.8, 4) is 0 Å². The van der Waals surface area contributed by atoms with Crippen molar-refractivity contribution in [1.29, 1.82) is 0 Å². The van der Waals surface area contributed by atoms with Gasteiger partial charge in [-0.05, 0) is 36.2 Å². The summed E-state index contributed by atoms with van der Waals surface area (Å²) in [5.74, 6) is 0.781. The van der Waals surface area contributed by atoms with Gasteiger partial charge in [0, 0.05) is 18.1 Å². The van der Waals surface area contributed by atoms with Crippen molar-refractivity contribution in [3.63, 3.8) is 0 Å². The van der Waals surface area contributed by atoms with Crippen LogP contribution in [0.5, 0.6) is 0 Å². The molecule has 124 valence electrons. The van der Waals surface area contributed by atoms with E-state index in [0.717, 1.165) is 11.0 Å². The second-order valence-corrected chi connectivity index (χ2v) is 7.08. The number of aliphatic imine (C=N–C) groups is 1. The first-order chi connectivity index (χ1) is 11.7. The molecule has 3 rings (SSSR count). The van der Waals surface area contributed by atoms with Gasteiger partial charge < -0.3 is 10.6 Å². The molecule has 2 N–H and O–H groups in total. The van der Waals surface area contributed by atoms with Crippen LogP contribution in [0.2, 0.25) is 0 Å². The second kappa shape index (κ2) is 7.45. The Morgan fingerprint density at radius 2 is 2.00 bits per heavy atom. The van der Waals surface area contributed by atoms with Crippen LogP contribution in [0.1, 0.15) is 28.4 Å². The Labute approximate surface area is 146 Å². The van der Waals surface area contributed by atoms with E-state index < -0.39 is 0 Å². The van der Waals surface area contributed by atoms with E-state index >= 15 is 0 Å². The number of hydrogen-bond acceptors (Lipinski definition) is 3. The molecule has 0 amide bonds. The summed E-state index contributed by atoms with van der Waals surface area (Å²) in [5.41, 5.74) is 1.24. The number of nitrogens with one attached hydrogen (secondary N) is 2. The summed E-state index contributed by atoms with van der Waals surface area (Å²) >= 11 is 1.70. The Hall–Kier alpha value is -2.40. The average Bonchev–Trinajstić information content (AvgIpc) is 3.03. The highest BCUT2D eigenvalue weighted by Crippen LogP contribution is 2.20. The van der Waals surface area contributed by atoms with Crippen molar-refractivity contribution >= 4 is 28.1 Å². The molecule has 1 aromatic heterocycles. The van der Waals surface area contributed by atoms with Gasteiger partial charge in [-0.25, -0.2) is 4.98 Å². The van der Waals surface area contributed by atoms with E-state index in [9.17, 15) is 0 Å². The first kappa shape index (κ1) is 16.5. The van der Waals surface area contributed by atoms with E-state index in [4.69, 9.17) is 0 Å². The van der Waals surface area contributed by atoms with Crippen LogP contribution in [-0.2, 0) is 6.54 Å². The lowest BCUT2D eigenvalue weighted by Crippen LogP contribution is -2.38. The van der Waals surface area contributed by atoms with Gasteiger partial charge in [0.2, 0.25) is 0 Å².